The quantitative estimate of drug-likeness (QED) is 0.830. The van der Waals surface area contributed by atoms with Crippen molar-refractivity contribution in [3.63, 3.8) is 0 Å². The number of hydrogen-bond donors (Lipinski definition) is 1. The van der Waals surface area contributed by atoms with Gasteiger partial charge < -0.3 is 14.4 Å². The monoisotopic (exact) mass is 269 g/mol. The molecule has 1 aromatic heterocycles. The van der Waals surface area contributed by atoms with E-state index in [-0.39, 0.29) is 12.0 Å². The largest absolute Gasteiger partial charge is 0.396 e. The molecule has 1 fully saturated rings. The number of fused-ring (bicyclic) bond motifs is 1. The van der Waals surface area contributed by atoms with Gasteiger partial charge in [0.15, 0.2) is 5.16 Å². The second-order valence-corrected chi connectivity index (χ2v) is 6.24. The molecule has 0 amide bonds. The third-order valence-corrected chi connectivity index (χ3v) is 5.05. The van der Waals surface area contributed by atoms with E-state index in [9.17, 15) is 5.11 Å². The summed E-state index contributed by atoms with van der Waals surface area (Å²) >= 11 is 1.71. The molecule has 3 heterocycles. The predicted octanol–water partition coefficient (Wildman–Crippen LogP) is 1.11. The Bertz CT molecular complexity index is 412. The van der Waals surface area contributed by atoms with Crippen LogP contribution in [0.3, 0.4) is 0 Å². The lowest BCUT2D eigenvalue weighted by Crippen LogP contribution is -2.47. The molecule has 0 aliphatic carbocycles. The molecule has 2 aliphatic rings. The summed E-state index contributed by atoms with van der Waals surface area (Å²) in [6.07, 6.45) is 4.76. The summed E-state index contributed by atoms with van der Waals surface area (Å²) in [5, 5.41) is 19.0. The predicted molar refractivity (Wildman–Crippen MR) is 68.6 cm³/mol. The molecule has 0 radical (unpaired) electrons. The van der Waals surface area contributed by atoms with Crippen LogP contribution in [0.1, 0.15) is 25.1 Å². The smallest absolute Gasteiger partial charge is 0.191 e. The van der Waals surface area contributed by atoms with Crippen molar-refractivity contribution in [2.24, 2.45) is 5.41 Å². The number of aromatic nitrogens is 3. The maximum Gasteiger partial charge on any atom is 0.191 e. The van der Waals surface area contributed by atoms with Gasteiger partial charge in [-0.2, -0.15) is 0 Å². The zero-order valence-electron chi connectivity index (χ0n) is 10.5. The summed E-state index contributed by atoms with van der Waals surface area (Å²) in [7, 11) is 0. The van der Waals surface area contributed by atoms with Crippen LogP contribution >= 0.6 is 11.8 Å². The van der Waals surface area contributed by atoms with Gasteiger partial charge in [-0.15, -0.1) is 10.2 Å². The second kappa shape index (κ2) is 5.19. The van der Waals surface area contributed by atoms with Crippen LogP contribution in [0.2, 0.25) is 0 Å². The van der Waals surface area contributed by atoms with Gasteiger partial charge in [0.25, 0.3) is 0 Å². The fourth-order valence-corrected chi connectivity index (χ4v) is 3.54. The molecule has 100 valence electrons. The molecule has 1 saturated heterocycles. The average Bonchev–Trinajstić information content (AvgIpc) is 2.58. The van der Waals surface area contributed by atoms with Crippen molar-refractivity contribution in [3.8, 4) is 0 Å². The van der Waals surface area contributed by atoms with E-state index >= 15 is 0 Å². The third-order valence-electron chi connectivity index (χ3n) is 3.73. The van der Waals surface area contributed by atoms with Crippen molar-refractivity contribution < 1.29 is 9.84 Å². The summed E-state index contributed by atoms with van der Waals surface area (Å²) in [6.45, 7) is 2.56. The summed E-state index contributed by atoms with van der Waals surface area (Å²) in [5.41, 5.74) is -0.0538. The highest BCUT2D eigenvalue weighted by Crippen LogP contribution is 2.34. The first-order valence-corrected chi connectivity index (χ1v) is 7.55. The van der Waals surface area contributed by atoms with E-state index in [1.165, 1.54) is 19.3 Å². The van der Waals surface area contributed by atoms with E-state index in [2.05, 4.69) is 14.8 Å². The number of ether oxygens (including phenoxy) is 1. The number of hydrogen-bond acceptors (Lipinski definition) is 5. The third kappa shape index (κ3) is 2.29. The maximum atomic E-state index is 9.41. The molecular weight excluding hydrogens is 250 g/mol. The molecular formula is C12H19N3O2S. The molecule has 0 bridgehead atoms. The highest BCUT2D eigenvalue weighted by molar-refractivity contribution is 7.99. The summed E-state index contributed by atoms with van der Waals surface area (Å²) in [6, 6.07) is 0. The minimum absolute atomic E-state index is 0.0538. The van der Waals surface area contributed by atoms with Crippen molar-refractivity contribution in [1.29, 1.82) is 0 Å². The number of aliphatic hydroxyl groups excluding tert-OH is 1. The van der Waals surface area contributed by atoms with Gasteiger partial charge in [-0.05, 0) is 12.8 Å². The topological polar surface area (TPSA) is 60.2 Å². The van der Waals surface area contributed by atoms with Crippen LogP contribution < -0.4 is 0 Å². The first-order valence-electron chi connectivity index (χ1n) is 6.56. The highest BCUT2D eigenvalue weighted by Gasteiger charge is 2.38. The van der Waals surface area contributed by atoms with Crippen LogP contribution in [0.25, 0.3) is 0 Å². The maximum absolute atomic E-state index is 9.41. The van der Waals surface area contributed by atoms with Crippen LogP contribution in [-0.2, 0) is 17.7 Å². The lowest BCUT2D eigenvalue weighted by Gasteiger charge is -2.39. The number of rotatable bonds is 4. The first kappa shape index (κ1) is 12.4. The van der Waals surface area contributed by atoms with Gasteiger partial charge in [-0.25, -0.2) is 0 Å². The van der Waals surface area contributed by atoms with E-state index in [1.807, 2.05) is 0 Å². The summed E-state index contributed by atoms with van der Waals surface area (Å²) in [4.78, 5) is 0. The molecule has 0 spiro atoms. The van der Waals surface area contributed by atoms with Crippen molar-refractivity contribution in [3.05, 3.63) is 5.82 Å². The average molecular weight is 269 g/mol. The van der Waals surface area contributed by atoms with Crippen LogP contribution in [0.15, 0.2) is 5.16 Å². The van der Waals surface area contributed by atoms with Crippen LogP contribution in [-0.4, -0.2) is 45.4 Å². The molecule has 0 aromatic carbocycles. The molecule has 0 saturated carbocycles. The number of nitrogens with zero attached hydrogens (tertiary/aromatic N) is 3. The van der Waals surface area contributed by atoms with E-state index in [1.54, 1.807) is 11.8 Å². The second-order valence-electron chi connectivity index (χ2n) is 5.30. The lowest BCUT2D eigenvalue weighted by molar-refractivity contribution is -0.121. The van der Waals surface area contributed by atoms with Gasteiger partial charge in [0.05, 0.1) is 19.8 Å². The van der Waals surface area contributed by atoms with Gasteiger partial charge in [0.1, 0.15) is 5.82 Å². The minimum atomic E-state index is -0.0538. The number of aliphatic hydroxyl groups is 1. The molecule has 1 N–H and O–H groups in total. The zero-order chi connectivity index (χ0) is 12.4. The lowest BCUT2D eigenvalue weighted by atomic mass is 9.90. The minimum Gasteiger partial charge on any atom is -0.396 e. The molecule has 1 aromatic rings. The number of thioether (sulfide) groups is 1. The van der Waals surface area contributed by atoms with Crippen molar-refractivity contribution >= 4 is 11.8 Å². The normalized spacial score (nSPS) is 22.1. The Hall–Kier alpha value is -0.590. The van der Waals surface area contributed by atoms with Crippen molar-refractivity contribution in [2.75, 3.05) is 25.6 Å². The first-order chi connectivity index (χ1) is 8.83. The molecule has 0 atom stereocenters. The van der Waals surface area contributed by atoms with Crippen molar-refractivity contribution in [1.82, 2.24) is 14.8 Å². The SMILES string of the molecule is OCC1(CSc2nnc3n2CCCCC3)COC1. The molecule has 3 rings (SSSR count). The Morgan fingerprint density at radius 3 is 2.89 bits per heavy atom. The standard InChI is InChI=1S/C12H19N3O2S/c16-6-12(7-17-8-12)9-18-11-14-13-10-4-2-1-3-5-15(10)11/h16H,1-9H2. The molecule has 0 unspecified atom stereocenters. The van der Waals surface area contributed by atoms with Gasteiger partial charge in [-0.1, -0.05) is 18.2 Å². The highest BCUT2D eigenvalue weighted by atomic mass is 32.2. The van der Waals surface area contributed by atoms with Gasteiger partial charge in [0.2, 0.25) is 0 Å². The Kier molecular flexibility index (Phi) is 3.59. The Labute approximate surface area is 111 Å². The van der Waals surface area contributed by atoms with E-state index < -0.39 is 0 Å². The van der Waals surface area contributed by atoms with Gasteiger partial charge in [0, 0.05) is 24.1 Å². The van der Waals surface area contributed by atoms with E-state index in [0.29, 0.717) is 13.2 Å². The van der Waals surface area contributed by atoms with Gasteiger partial charge >= 0.3 is 0 Å². The van der Waals surface area contributed by atoms with Crippen LogP contribution in [0.5, 0.6) is 0 Å². The molecule has 6 heteroatoms. The Balaban J connectivity index is 1.67. The Morgan fingerprint density at radius 1 is 1.28 bits per heavy atom. The van der Waals surface area contributed by atoms with Crippen molar-refractivity contribution in [2.45, 2.75) is 37.4 Å². The van der Waals surface area contributed by atoms with Crippen LogP contribution in [0, 0.1) is 5.41 Å². The van der Waals surface area contributed by atoms with E-state index in [4.69, 9.17) is 4.74 Å². The summed E-state index contributed by atoms with van der Waals surface area (Å²) in [5.74, 6) is 1.99. The van der Waals surface area contributed by atoms with Crippen LogP contribution in [0.4, 0.5) is 0 Å². The zero-order valence-corrected chi connectivity index (χ0v) is 11.3. The fourth-order valence-electron chi connectivity index (χ4n) is 2.39. The molecule has 18 heavy (non-hydrogen) atoms. The van der Waals surface area contributed by atoms with Gasteiger partial charge in [-0.3, -0.25) is 0 Å². The van der Waals surface area contributed by atoms with E-state index in [0.717, 1.165) is 29.7 Å². The Morgan fingerprint density at radius 2 is 2.17 bits per heavy atom. The summed E-state index contributed by atoms with van der Waals surface area (Å²) < 4.78 is 7.47. The fraction of sp³-hybridized carbons (Fsp3) is 0.833. The number of aryl methyl sites for hydroxylation is 1. The molecule has 2 aliphatic heterocycles. The molecule has 5 nitrogen and oxygen atoms in total.